The maximum absolute atomic E-state index is 12.1. The molecule has 0 amide bonds. The maximum atomic E-state index is 12.1. The molecule has 11 nitrogen and oxygen atoms in total. The normalized spacial score (nSPS) is 11.8. The summed E-state index contributed by atoms with van der Waals surface area (Å²) in [6.07, 6.45) is 4.05. The van der Waals surface area contributed by atoms with Crippen LogP contribution in [0.5, 0.6) is 5.75 Å². The van der Waals surface area contributed by atoms with E-state index in [1.165, 1.54) is 0 Å². The second-order valence-corrected chi connectivity index (χ2v) is 11.2. The van der Waals surface area contributed by atoms with Crippen LogP contribution >= 0.6 is 0 Å². The minimum Gasteiger partial charge on any atom is -0.494 e. The van der Waals surface area contributed by atoms with Gasteiger partial charge in [0.1, 0.15) is 12.4 Å². The number of nitriles is 1. The van der Waals surface area contributed by atoms with Gasteiger partial charge in [-0.3, -0.25) is 14.1 Å². The highest BCUT2D eigenvalue weighted by atomic mass is 32.2. The quantitative estimate of drug-likeness (QED) is 0.110. The summed E-state index contributed by atoms with van der Waals surface area (Å²) in [7, 11) is -4.87. The fourth-order valence-corrected chi connectivity index (χ4v) is 4.46. The van der Waals surface area contributed by atoms with E-state index in [2.05, 4.69) is 13.0 Å². The molecule has 2 aromatic carbocycles. The van der Waals surface area contributed by atoms with Gasteiger partial charge in [-0.2, -0.15) is 13.7 Å². The first-order valence-electron chi connectivity index (χ1n) is 14.4. The van der Waals surface area contributed by atoms with Gasteiger partial charge in [-0.1, -0.05) is 37.6 Å². The number of hydrogen-bond acceptors (Lipinski definition) is 10. The predicted octanol–water partition coefficient (Wildman–Crippen LogP) is 4.73. The molecule has 0 fully saturated rings. The number of carbonyl (C=O) groups is 2. The van der Waals surface area contributed by atoms with Crippen LogP contribution in [0.4, 0.5) is 0 Å². The van der Waals surface area contributed by atoms with Crippen LogP contribution in [0.3, 0.4) is 0 Å². The molecule has 43 heavy (non-hydrogen) atoms. The monoisotopic (exact) mass is 619 g/mol. The zero-order chi connectivity index (χ0) is 31.3. The molecule has 1 atom stereocenters. The minimum atomic E-state index is -4.87. The van der Waals surface area contributed by atoms with Crippen molar-refractivity contribution >= 4 is 22.1 Å². The Hall–Kier alpha value is -3.50. The van der Waals surface area contributed by atoms with Gasteiger partial charge in [0.2, 0.25) is 0 Å². The van der Waals surface area contributed by atoms with Crippen molar-refractivity contribution in [2.75, 3.05) is 46.2 Å². The van der Waals surface area contributed by atoms with Crippen molar-refractivity contribution in [3.63, 3.8) is 0 Å². The lowest BCUT2D eigenvalue weighted by Gasteiger charge is -2.13. The average molecular weight is 620 g/mol. The van der Waals surface area contributed by atoms with Crippen LogP contribution < -0.4 is 4.74 Å². The molecule has 1 unspecified atom stereocenters. The van der Waals surface area contributed by atoms with Crippen LogP contribution in [0, 0.1) is 11.3 Å². The lowest BCUT2D eigenvalue weighted by atomic mass is 10.0. The van der Waals surface area contributed by atoms with Gasteiger partial charge in [0.05, 0.1) is 51.1 Å². The van der Waals surface area contributed by atoms with Gasteiger partial charge in [-0.05, 0) is 67.5 Å². The van der Waals surface area contributed by atoms with Crippen molar-refractivity contribution in [2.24, 2.45) is 0 Å². The molecule has 0 aliphatic rings. The molecule has 2 aromatic rings. The van der Waals surface area contributed by atoms with E-state index in [0.29, 0.717) is 31.8 Å². The molecule has 0 spiro atoms. The van der Waals surface area contributed by atoms with E-state index in [9.17, 15) is 22.6 Å². The van der Waals surface area contributed by atoms with E-state index in [0.717, 1.165) is 49.0 Å². The number of hydrogen-bond donors (Lipinski definition) is 1. The van der Waals surface area contributed by atoms with Crippen molar-refractivity contribution in [2.45, 2.75) is 57.1 Å². The molecule has 12 heteroatoms. The number of benzene rings is 2. The van der Waals surface area contributed by atoms with Crippen molar-refractivity contribution in [1.29, 1.82) is 5.26 Å². The number of ether oxygens (including phenoxy) is 5. The van der Waals surface area contributed by atoms with Crippen molar-refractivity contribution < 1.29 is 46.2 Å². The van der Waals surface area contributed by atoms with E-state index in [-0.39, 0.29) is 26.4 Å². The first-order chi connectivity index (χ1) is 20.7. The van der Waals surface area contributed by atoms with Crippen LogP contribution in [0.1, 0.15) is 57.4 Å². The van der Waals surface area contributed by atoms with Gasteiger partial charge in [-0.15, -0.1) is 0 Å². The summed E-state index contributed by atoms with van der Waals surface area (Å²) >= 11 is 0. The Morgan fingerprint density at radius 1 is 0.767 bits per heavy atom. The van der Waals surface area contributed by atoms with Crippen LogP contribution in [0.15, 0.2) is 48.5 Å². The largest absolute Gasteiger partial charge is 0.494 e. The number of esters is 2. The lowest BCUT2D eigenvalue weighted by Crippen LogP contribution is -2.35. The standard InChI is InChI=1S/C31H41NO10S/c1-2-3-16-38-19-20-39-21-22-42-31(34)29(43(35,36)37)23-30(33)41-18-7-5-4-6-17-40-28-14-12-27(13-15-28)26-10-8-25(24-32)9-11-26/h8-15,29H,2-7,16-23H2,1H3,(H,35,36,37). The Bertz CT molecular complexity index is 1240. The lowest BCUT2D eigenvalue weighted by molar-refractivity contribution is -0.151. The Morgan fingerprint density at radius 2 is 1.35 bits per heavy atom. The summed E-state index contributed by atoms with van der Waals surface area (Å²) in [5.41, 5.74) is 2.65. The molecule has 0 saturated carbocycles. The second kappa shape index (κ2) is 20.4. The summed E-state index contributed by atoms with van der Waals surface area (Å²) < 4.78 is 58.9. The summed E-state index contributed by atoms with van der Waals surface area (Å²) in [5, 5.41) is 6.85. The minimum absolute atomic E-state index is 0.0166. The third-order valence-corrected chi connectivity index (χ3v) is 7.31. The smallest absolute Gasteiger partial charge is 0.327 e. The van der Waals surface area contributed by atoms with E-state index in [4.69, 9.17) is 28.9 Å². The first kappa shape index (κ1) is 35.7. The number of rotatable bonds is 22. The molecule has 0 aliphatic heterocycles. The van der Waals surface area contributed by atoms with Gasteiger partial charge in [0.15, 0.2) is 5.25 Å². The fourth-order valence-electron chi connectivity index (χ4n) is 3.80. The third-order valence-electron chi connectivity index (χ3n) is 6.23. The number of unbranched alkanes of at least 4 members (excludes halogenated alkanes) is 4. The van der Waals surface area contributed by atoms with E-state index in [1.807, 2.05) is 36.4 Å². The molecule has 0 heterocycles. The van der Waals surface area contributed by atoms with E-state index >= 15 is 0 Å². The summed E-state index contributed by atoms with van der Waals surface area (Å²) in [6.45, 7) is 3.72. The average Bonchev–Trinajstić information content (AvgIpc) is 3.00. The molecule has 2 rings (SSSR count). The molecule has 0 aliphatic carbocycles. The van der Waals surface area contributed by atoms with Gasteiger partial charge in [-0.25, -0.2) is 0 Å². The van der Waals surface area contributed by atoms with Crippen LogP contribution in [-0.4, -0.2) is 76.4 Å². The van der Waals surface area contributed by atoms with Crippen LogP contribution in [0.25, 0.3) is 11.1 Å². The van der Waals surface area contributed by atoms with Gasteiger partial charge in [0, 0.05) is 6.61 Å². The highest BCUT2D eigenvalue weighted by molar-refractivity contribution is 7.87. The third kappa shape index (κ3) is 15.0. The van der Waals surface area contributed by atoms with Gasteiger partial charge in [0.25, 0.3) is 10.1 Å². The Kier molecular flexibility index (Phi) is 16.9. The topological polar surface area (TPSA) is 158 Å². The fraction of sp³-hybridized carbons (Fsp3) is 0.516. The summed E-state index contributed by atoms with van der Waals surface area (Å²) in [4.78, 5) is 24.2. The number of carbonyl (C=O) groups excluding carboxylic acids is 2. The SMILES string of the molecule is CCCCOCCOCCOC(=O)C(CC(=O)OCCCCCCOc1ccc(-c2ccc(C#N)cc2)cc1)S(=O)(=O)O. The van der Waals surface area contributed by atoms with Crippen molar-refractivity contribution in [1.82, 2.24) is 0 Å². The molecule has 236 valence electrons. The van der Waals surface area contributed by atoms with E-state index < -0.39 is 33.7 Å². The molecule has 0 bridgehead atoms. The summed E-state index contributed by atoms with van der Waals surface area (Å²) in [6, 6.07) is 17.2. The molecular formula is C31H41NO10S. The zero-order valence-corrected chi connectivity index (χ0v) is 25.4. The Balaban J connectivity index is 1.56. The van der Waals surface area contributed by atoms with Gasteiger partial charge < -0.3 is 23.7 Å². The molecule has 1 N–H and O–H groups in total. The van der Waals surface area contributed by atoms with Gasteiger partial charge >= 0.3 is 11.9 Å². The first-order valence-corrected chi connectivity index (χ1v) is 15.9. The number of nitrogens with zero attached hydrogens (tertiary/aromatic N) is 1. The Morgan fingerprint density at radius 3 is 1.95 bits per heavy atom. The molecular weight excluding hydrogens is 578 g/mol. The van der Waals surface area contributed by atoms with Crippen molar-refractivity contribution in [3.8, 4) is 22.9 Å². The molecule has 0 saturated heterocycles. The molecule has 0 radical (unpaired) electrons. The van der Waals surface area contributed by atoms with Crippen molar-refractivity contribution in [3.05, 3.63) is 54.1 Å². The predicted molar refractivity (Wildman–Crippen MR) is 159 cm³/mol. The van der Waals surface area contributed by atoms with Crippen LogP contribution in [-0.2, 0) is 38.7 Å². The second-order valence-electron chi connectivity index (χ2n) is 9.65. The highest BCUT2D eigenvalue weighted by Gasteiger charge is 2.35. The Labute approximate surface area is 253 Å². The highest BCUT2D eigenvalue weighted by Crippen LogP contribution is 2.23. The summed E-state index contributed by atoms with van der Waals surface area (Å²) in [5.74, 6) is -1.42. The molecule has 0 aromatic heterocycles. The zero-order valence-electron chi connectivity index (χ0n) is 24.6. The van der Waals surface area contributed by atoms with Crippen LogP contribution in [0.2, 0.25) is 0 Å². The van der Waals surface area contributed by atoms with E-state index in [1.54, 1.807) is 12.1 Å². The maximum Gasteiger partial charge on any atom is 0.327 e.